The molecule has 3 aromatic rings. The number of rotatable bonds is 3. The van der Waals surface area contributed by atoms with Gasteiger partial charge in [-0.2, -0.15) is 4.98 Å². The second kappa shape index (κ2) is 7.11. The number of para-hydroxylation sites is 1. The zero-order chi connectivity index (χ0) is 18.9. The predicted molar refractivity (Wildman–Crippen MR) is 113 cm³/mol. The molecule has 6 heteroatoms. The van der Waals surface area contributed by atoms with E-state index < -0.39 is 0 Å². The number of anilines is 4. The zero-order valence-electron chi connectivity index (χ0n) is 16.1. The Kier molecular flexibility index (Phi) is 4.31. The van der Waals surface area contributed by atoms with E-state index in [2.05, 4.69) is 63.0 Å². The van der Waals surface area contributed by atoms with Gasteiger partial charge >= 0.3 is 0 Å². The van der Waals surface area contributed by atoms with Gasteiger partial charge in [0.1, 0.15) is 11.6 Å². The van der Waals surface area contributed by atoms with Gasteiger partial charge in [-0.3, -0.25) is 0 Å². The van der Waals surface area contributed by atoms with Crippen molar-refractivity contribution in [2.45, 2.75) is 13.3 Å². The van der Waals surface area contributed by atoms with Gasteiger partial charge in [0.05, 0.1) is 0 Å². The number of pyridine rings is 1. The van der Waals surface area contributed by atoms with Crippen LogP contribution < -0.4 is 14.7 Å². The molecule has 0 radical (unpaired) electrons. The molecule has 2 aliphatic rings. The van der Waals surface area contributed by atoms with Gasteiger partial charge in [-0.1, -0.05) is 24.3 Å². The van der Waals surface area contributed by atoms with E-state index >= 15 is 0 Å². The molecule has 2 aliphatic heterocycles. The molecule has 6 nitrogen and oxygen atoms in total. The summed E-state index contributed by atoms with van der Waals surface area (Å²) in [4.78, 5) is 21.1. The van der Waals surface area contributed by atoms with Crippen LogP contribution in [0.2, 0.25) is 0 Å². The summed E-state index contributed by atoms with van der Waals surface area (Å²) in [5, 5.41) is 0. The molecule has 4 heterocycles. The molecular formula is C22H24N6. The smallest absolute Gasteiger partial charge is 0.232 e. The van der Waals surface area contributed by atoms with E-state index in [1.165, 1.54) is 11.3 Å². The van der Waals surface area contributed by atoms with Crippen LogP contribution in [0, 0.1) is 6.92 Å². The van der Waals surface area contributed by atoms with Crippen molar-refractivity contribution in [2.75, 3.05) is 47.4 Å². The normalized spacial score (nSPS) is 16.4. The average molecular weight is 372 g/mol. The number of aryl methyl sites for hydroxylation is 1. The van der Waals surface area contributed by atoms with Gasteiger partial charge in [-0.25, -0.2) is 9.97 Å². The van der Waals surface area contributed by atoms with Crippen LogP contribution in [-0.4, -0.2) is 47.7 Å². The van der Waals surface area contributed by atoms with E-state index in [9.17, 15) is 0 Å². The van der Waals surface area contributed by atoms with Crippen molar-refractivity contribution >= 4 is 23.3 Å². The van der Waals surface area contributed by atoms with E-state index in [0.29, 0.717) is 0 Å². The molecule has 0 spiro atoms. The third-order valence-electron chi connectivity index (χ3n) is 5.53. The largest absolute Gasteiger partial charge is 0.353 e. The molecule has 142 valence electrons. The van der Waals surface area contributed by atoms with Crippen LogP contribution in [-0.2, 0) is 6.42 Å². The summed E-state index contributed by atoms with van der Waals surface area (Å²) in [6.07, 6.45) is 2.90. The molecule has 1 fully saturated rings. The number of piperazine rings is 1. The molecule has 1 aromatic carbocycles. The predicted octanol–water partition coefficient (Wildman–Crippen LogP) is 3.20. The molecule has 0 aliphatic carbocycles. The summed E-state index contributed by atoms with van der Waals surface area (Å²) in [5.41, 5.74) is 3.62. The Hall–Kier alpha value is -3.15. The summed E-state index contributed by atoms with van der Waals surface area (Å²) in [7, 11) is 0. The highest BCUT2D eigenvalue weighted by Gasteiger charge is 2.24. The molecule has 1 saturated heterocycles. The molecule has 0 bridgehead atoms. The summed E-state index contributed by atoms with van der Waals surface area (Å²) in [5.74, 6) is 2.88. The molecule has 2 aromatic heterocycles. The van der Waals surface area contributed by atoms with Gasteiger partial charge in [0.15, 0.2) is 0 Å². The number of benzene rings is 1. The topological polar surface area (TPSA) is 48.4 Å². The third-order valence-corrected chi connectivity index (χ3v) is 5.53. The number of nitrogens with zero attached hydrogens (tertiary/aromatic N) is 6. The number of aromatic nitrogens is 3. The maximum absolute atomic E-state index is 4.94. The molecule has 0 amide bonds. The van der Waals surface area contributed by atoms with Crippen LogP contribution in [0.4, 0.5) is 23.3 Å². The van der Waals surface area contributed by atoms with Crippen molar-refractivity contribution in [2.24, 2.45) is 0 Å². The van der Waals surface area contributed by atoms with Gasteiger partial charge in [-0.15, -0.1) is 0 Å². The lowest BCUT2D eigenvalue weighted by atomic mass is 10.2. The molecule has 0 saturated carbocycles. The SMILES string of the molecule is Cc1cc(N2CCN(c3ccccn3)CC2)nc(N2CCc3ccccc32)n1. The minimum absolute atomic E-state index is 0.812. The van der Waals surface area contributed by atoms with Crippen LogP contribution in [0.25, 0.3) is 0 Å². The van der Waals surface area contributed by atoms with Crippen molar-refractivity contribution in [1.82, 2.24) is 15.0 Å². The first-order chi connectivity index (χ1) is 13.8. The van der Waals surface area contributed by atoms with E-state index in [4.69, 9.17) is 9.97 Å². The first-order valence-corrected chi connectivity index (χ1v) is 9.90. The first-order valence-electron chi connectivity index (χ1n) is 9.90. The lowest BCUT2D eigenvalue weighted by molar-refractivity contribution is 0.640. The summed E-state index contributed by atoms with van der Waals surface area (Å²) < 4.78 is 0. The molecule has 0 N–H and O–H groups in total. The van der Waals surface area contributed by atoms with Crippen molar-refractivity contribution in [3.05, 3.63) is 66.0 Å². The fraction of sp³-hybridized carbons (Fsp3) is 0.318. The molecule has 28 heavy (non-hydrogen) atoms. The van der Waals surface area contributed by atoms with Crippen molar-refractivity contribution in [1.29, 1.82) is 0 Å². The lowest BCUT2D eigenvalue weighted by Crippen LogP contribution is -2.47. The van der Waals surface area contributed by atoms with Crippen LogP contribution in [0.1, 0.15) is 11.3 Å². The Morgan fingerprint density at radius 2 is 1.54 bits per heavy atom. The minimum Gasteiger partial charge on any atom is -0.353 e. The Morgan fingerprint density at radius 3 is 2.32 bits per heavy atom. The van der Waals surface area contributed by atoms with Crippen LogP contribution >= 0.6 is 0 Å². The quantitative estimate of drug-likeness (QED) is 0.704. The standard InChI is InChI=1S/C22H24N6/c1-17-16-21(27-14-12-26(13-15-27)20-8-4-5-10-23-20)25-22(24-17)28-11-9-18-6-2-3-7-19(18)28/h2-8,10,16H,9,11-15H2,1H3. The minimum atomic E-state index is 0.812. The number of hydrogen-bond donors (Lipinski definition) is 0. The molecule has 5 rings (SSSR count). The van der Waals surface area contributed by atoms with Gasteiger partial charge < -0.3 is 14.7 Å². The second-order valence-corrected chi connectivity index (χ2v) is 7.36. The van der Waals surface area contributed by atoms with Crippen molar-refractivity contribution in [3.63, 3.8) is 0 Å². The van der Waals surface area contributed by atoms with E-state index in [0.717, 1.165) is 62.4 Å². The van der Waals surface area contributed by atoms with Crippen molar-refractivity contribution < 1.29 is 0 Å². The third kappa shape index (κ3) is 3.15. The van der Waals surface area contributed by atoms with Crippen molar-refractivity contribution in [3.8, 4) is 0 Å². The summed E-state index contributed by atoms with van der Waals surface area (Å²) >= 11 is 0. The monoisotopic (exact) mass is 372 g/mol. The Bertz CT molecular complexity index is 966. The summed E-state index contributed by atoms with van der Waals surface area (Å²) in [6, 6.07) is 16.7. The summed E-state index contributed by atoms with van der Waals surface area (Å²) in [6.45, 7) is 6.76. The molecule has 0 unspecified atom stereocenters. The second-order valence-electron chi connectivity index (χ2n) is 7.36. The number of fused-ring (bicyclic) bond motifs is 1. The number of hydrogen-bond acceptors (Lipinski definition) is 6. The highest BCUT2D eigenvalue weighted by atomic mass is 15.3. The van der Waals surface area contributed by atoms with E-state index in [-0.39, 0.29) is 0 Å². The zero-order valence-corrected chi connectivity index (χ0v) is 16.1. The van der Waals surface area contributed by atoms with Gasteiger partial charge in [0.25, 0.3) is 0 Å². The Labute approximate surface area is 165 Å². The fourth-order valence-corrected chi connectivity index (χ4v) is 4.07. The Morgan fingerprint density at radius 1 is 0.786 bits per heavy atom. The van der Waals surface area contributed by atoms with Gasteiger partial charge in [-0.05, 0) is 37.1 Å². The van der Waals surface area contributed by atoms with Gasteiger partial charge in [0, 0.05) is 56.4 Å². The molecule has 0 atom stereocenters. The fourth-order valence-electron chi connectivity index (χ4n) is 4.07. The maximum atomic E-state index is 4.94. The molecular weight excluding hydrogens is 348 g/mol. The maximum Gasteiger partial charge on any atom is 0.232 e. The van der Waals surface area contributed by atoms with Crippen LogP contribution in [0.5, 0.6) is 0 Å². The Balaban J connectivity index is 1.36. The van der Waals surface area contributed by atoms with Crippen LogP contribution in [0.3, 0.4) is 0 Å². The highest BCUT2D eigenvalue weighted by molar-refractivity contribution is 5.66. The van der Waals surface area contributed by atoms with Gasteiger partial charge in [0.2, 0.25) is 5.95 Å². The van der Waals surface area contributed by atoms with E-state index in [1.54, 1.807) is 0 Å². The first kappa shape index (κ1) is 17.0. The average Bonchev–Trinajstić information content (AvgIpc) is 3.18. The lowest BCUT2D eigenvalue weighted by Gasteiger charge is -2.36. The highest BCUT2D eigenvalue weighted by Crippen LogP contribution is 2.33. The van der Waals surface area contributed by atoms with Crippen LogP contribution in [0.15, 0.2) is 54.7 Å². The van der Waals surface area contributed by atoms with E-state index in [1.807, 2.05) is 18.3 Å².